The molecule has 0 saturated heterocycles. The van der Waals surface area contributed by atoms with Crippen molar-refractivity contribution in [3.63, 3.8) is 0 Å². The maximum absolute atomic E-state index is 14.9. The number of hydrogen-bond acceptors (Lipinski definition) is 3. The van der Waals surface area contributed by atoms with Gasteiger partial charge < -0.3 is 16.0 Å². The van der Waals surface area contributed by atoms with Crippen LogP contribution in [0.2, 0.25) is 20.1 Å². The van der Waals surface area contributed by atoms with Crippen molar-refractivity contribution in [3.8, 4) is 0 Å². The van der Waals surface area contributed by atoms with Gasteiger partial charge in [-0.1, -0.05) is 53.3 Å². The highest BCUT2D eigenvalue weighted by molar-refractivity contribution is 6.54. The van der Waals surface area contributed by atoms with Gasteiger partial charge in [0.2, 0.25) is 11.8 Å². The van der Waals surface area contributed by atoms with E-state index >= 15 is 0 Å². The smallest absolute Gasteiger partial charge is 0.257 e. The summed E-state index contributed by atoms with van der Waals surface area (Å²) in [6.07, 6.45) is -0.0130. The molecule has 2 atom stereocenters. The van der Waals surface area contributed by atoms with Crippen LogP contribution in [-0.2, 0) is 9.59 Å². The molecule has 1 unspecified atom stereocenters. The predicted octanol–water partition coefficient (Wildman–Crippen LogP) is 8.71. The molecule has 0 heterocycles. The fourth-order valence-electron chi connectivity index (χ4n) is 4.00. The Labute approximate surface area is 257 Å². The van der Waals surface area contributed by atoms with Crippen LogP contribution in [0.3, 0.4) is 0 Å². The molecule has 3 N–H and O–H groups in total. The fourth-order valence-corrected chi connectivity index (χ4v) is 5.65. The molecular formula is C26H17Cl6F2N3O3. The van der Waals surface area contributed by atoms with E-state index in [1.807, 2.05) is 0 Å². The zero-order chi connectivity index (χ0) is 29.5. The van der Waals surface area contributed by atoms with E-state index in [0.29, 0.717) is 5.56 Å². The molecule has 210 valence electrons. The lowest BCUT2D eigenvalue weighted by molar-refractivity contribution is -0.117. The van der Waals surface area contributed by atoms with Gasteiger partial charge in [0.05, 0.1) is 37.3 Å². The number of anilines is 3. The van der Waals surface area contributed by atoms with Gasteiger partial charge in [0, 0.05) is 18.0 Å². The Morgan fingerprint density at radius 1 is 0.875 bits per heavy atom. The fraction of sp³-hybridized carbons (Fsp3) is 0.192. The SMILES string of the molecule is CCC(=O)Nc1c(F)ccc(NC(=O)c2cc(NC(=O)C3[C@H](c4cc(Cl)c(Cl)c(Cl)c4)C3(Cl)Cl)ccc2Cl)c1F. The standard InChI is InChI=1S/C26H17Cl6F2N3O3/c1-2-18(38)37-23-16(33)5-6-17(22(23)34)36-24(39)12-9-11(3-4-13(12)27)35-25(40)20-19(26(20,31)32)10-7-14(28)21(30)15(29)8-10/h3-9,19-20H,2H2,1H3,(H,35,40)(H,36,39)(H,37,38)/t19-,20?/m0/s1. The van der Waals surface area contributed by atoms with E-state index in [1.54, 1.807) is 0 Å². The van der Waals surface area contributed by atoms with E-state index < -0.39 is 56.9 Å². The number of carbonyl (C=O) groups is 3. The summed E-state index contributed by atoms with van der Waals surface area (Å²) in [4.78, 5) is 37.6. The molecular weight excluding hydrogens is 653 g/mol. The van der Waals surface area contributed by atoms with Crippen molar-refractivity contribution in [1.29, 1.82) is 0 Å². The van der Waals surface area contributed by atoms with E-state index in [1.165, 1.54) is 37.3 Å². The third-order valence-corrected chi connectivity index (χ3v) is 8.57. The Balaban J connectivity index is 1.53. The lowest BCUT2D eigenvalue weighted by Gasteiger charge is -2.13. The van der Waals surface area contributed by atoms with Gasteiger partial charge in [-0.2, -0.15) is 0 Å². The van der Waals surface area contributed by atoms with Crippen molar-refractivity contribution in [1.82, 2.24) is 0 Å². The van der Waals surface area contributed by atoms with Crippen LogP contribution in [-0.4, -0.2) is 22.1 Å². The normalized spacial score (nSPS) is 17.2. The van der Waals surface area contributed by atoms with E-state index in [9.17, 15) is 23.2 Å². The summed E-state index contributed by atoms with van der Waals surface area (Å²) in [7, 11) is 0. The zero-order valence-corrected chi connectivity index (χ0v) is 24.7. The van der Waals surface area contributed by atoms with Crippen LogP contribution in [0, 0.1) is 17.6 Å². The molecule has 3 amide bonds. The number of carbonyl (C=O) groups excluding carboxylic acids is 3. The molecule has 3 aromatic rings. The monoisotopic (exact) mass is 667 g/mol. The van der Waals surface area contributed by atoms with Crippen LogP contribution in [0.5, 0.6) is 0 Å². The summed E-state index contributed by atoms with van der Waals surface area (Å²) >= 11 is 37.2. The molecule has 1 aliphatic carbocycles. The van der Waals surface area contributed by atoms with Crippen molar-refractivity contribution >= 4 is 104 Å². The van der Waals surface area contributed by atoms with Gasteiger partial charge in [-0.25, -0.2) is 8.78 Å². The lowest BCUT2D eigenvalue weighted by Crippen LogP contribution is -2.19. The molecule has 1 saturated carbocycles. The van der Waals surface area contributed by atoms with Crippen molar-refractivity contribution in [2.75, 3.05) is 16.0 Å². The molecule has 6 nitrogen and oxygen atoms in total. The van der Waals surface area contributed by atoms with E-state index in [0.717, 1.165) is 12.1 Å². The number of nitrogens with one attached hydrogen (secondary N) is 3. The van der Waals surface area contributed by atoms with Gasteiger partial charge in [0.25, 0.3) is 5.91 Å². The highest BCUT2D eigenvalue weighted by atomic mass is 35.5. The van der Waals surface area contributed by atoms with Crippen LogP contribution in [0.25, 0.3) is 0 Å². The molecule has 0 bridgehead atoms. The van der Waals surface area contributed by atoms with E-state index in [-0.39, 0.29) is 37.8 Å². The summed E-state index contributed by atoms with van der Waals surface area (Å²) in [6.45, 7) is 1.51. The van der Waals surface area contributed by atoms with Gasteiger partial charge in [0.1, 0.15) is 15.8 Å². The summed E-state index contributed by atoms with van der Waals surface area (Å²) in [5.41, 5.74) is -0.564. The van der Waals surface area contributed by atoms with Crippen LogP contribution >= 0.6 is 69.6 Å². The Hall–Kier alpha value is -2.33. The second-order valence-corrected chi connectivity index (χ2v) is 11.8. The molecule has 0 aromatic heterocycles. The second kappa shape index (κ2) is 11.9. The molecule has 1 fully saturated rings. The van der Waals surface area contributed by atoms with Crippen LogP contribution in [0.15, 0.2) is 42.5 Å². The highest BCUT2D eigenvalue weighted by Crippen LogP contribution is 2.65. The van der Waals surface area contributed by atoms with Gasteiger partial charge in [-0.3, -0.25) is 14.4 Å². The van der Waals surface area contributed by atoms with Crippen molar-refractivity contribution in [2.45, 2.75) is 23.6 Å². The predicted molar refractivity (Wildman–Crippen MR) is 155 cm³/mol. The number of alkyl halides is 2. The molecule has 0 radical (unpaired) electrons. The summed E-state index contributed by atoms with van der Waals surface area (Å²) in [6, 6.07) is 8.96. The number of rotatable bonds is 7. The third kappa shape index (κ3) is 6.12. The van der Waals surface area contributed by atoms with Gasteiger partial charge in [-0.05, 0) is 48.0 Å². The minimum Gasteiger partial charge on any atom is -0.326 e. The molecule has 14 heteroatoms. The maximum Gasteiger partial charge on any atom is 0.257 e. The number of amides is 3. The molecule has 4 rings (SSSR count). The van der Waals surface area contributed by atoms with E-state index in [2.05, 4.69) is 16.0 Å². The average Bonchev–Trinajstić information content (AvgIpc) is 3.49. The molecule has 3 aromatic carbocycles. The maximum atomic E-state index is 14.9. The second-order valence-electron chi connectivity index (χ2n) is 8.75. The van der Waals surface area contributed by atoms with Gasteiger partial charge in [-0.15, -0.1) is 23.2 Å². The topological polar surface area (TPSA) is 87.3 Å². The van der Waals surface area contributed by atoms with E-state index in [4.69, 9.17) is 69.6 Å². The molecule has 0 aliphatic heterocycles. The average molecular weight is 670 g/mol. The molecule has 0 spiro atoms. The Kier molecular flexibility index (Phi) is 9.10. The first-order chi connectivity index (χ1) is 18.8. The highest BCUT2D eigenvalue weighted by Gasteiger charge is 2.67. The number of halogens is 8. The zero-order valence-electron chi connectivity index (χ0n) is 20.2. The Morgan fingerprint density at radius 2 is 1.52 bits per heavy atom. The number of hydrogen-bond donors (Lipinski definition) is 3. The largest absolute Gasteiger partial charge is 0.326 e. The van der Waals surface area contributed by atoms with Crippen molar-refractivity contribution < 1.29 is 23.2 Å². The van der Waals surface area contributed by atoms with Crippen molar-refractivity contribution in [3.05, 3.63) is 85.3 Å². The Morgan fingerprint density at radius 3 is 2.15 bits per heavy atom. The quantitative estimate of drug-likeness (QED) is 0.174. The summed E-state index contributed by atoms with van der Waals surface area (Å²) in [5, 5.41) is 7.51. The summed E-state index contributed by atoms with van der Waals surface area (Å²) < 4.78 is 27.5. The number of benzene rings is 3. The lowest BCUT2D eigenvalue weighted by atomic mass is 10.1. The first-order valence-corrected chi connectivity index (χ1v) is 13.7. The first kappa shape index (κ1) is 30.6. The van der Waals surface area contributed by atoms with Crippen LogP contribution in [0.1, 0.15) is 35.2 Å². The van der Waals surface area contributed by atoms with Crippen LogP contribution < -0.4 is 16.0 Å². The minimum absolute atomic E-state index is 0.0130. The first-order valence-electron chi connectivity index (χ1n) is 11.5. The van der Waals surface area contributed by atoms with Crippen molar-refractivity contribution in [2.24, 2.45) is 5.92 Å². The third-order valence-electron chi connectivity index (χ3n) is 6.10. The Bertz CT molecular complexity index is 1530. The van der Waals surface area contributed by atoms with Gasteiger partial charge >= 0.3 is 0 Å². The van der Waals surface area contributed by atoms with Gasteiger partial charge in [0.15, 0.2) is 5.82 Å². The van der Waals surface area contributed by atoms with Crippen LogP contribution in [0.4, 0.5) is 25.8 Å². The minimum atomic E-state index is -1.47. The molecule has 40 heavy (non-hydrogen) atoms. The summed E-state index contributed by atoms with van der Waals surface area (Å²) in [5.74, 6) is -5.80. The molecule has 1 aliphatic rings.